The topological polar surface area (TPSA) is 45.2 Å². The first-order valence-electron chi connectivity index (χ1n) is 6.99. The normalized spacial score (nSPS) is 11.0. The fourth-order valence-corrected chi connectivity index (χ4v) is 1.95. The molecule has 1 aromatic carbocycles. The van der Waals surface area contributed by atoms with E-state index < -0.39 is 0 Å². The number of nitrogens with one attached hydrogen (secondary N) is 1. The second kappa shape index (κ2) is 6.39. The van der Waals surface area contributed by atoms with Crippen LogP contribution in [0.25, 0.3) is 0 Å². The average Bonchev–Trinajstić information content (AvgIpc) is 2.45. The highest BCUT2D eigenvalue weighted by molar-refractivity contribution is 5.92. The Morgan fingerprint density at radius 3 is 2.43 bits per heavy atom. The number of urea groups is 1. The van der Waals surface area contributed by atoms with Gasteiger partial charge in [0, 0.05) is 23.6 Å². The van der Waals surface area contributed by atoms with E-state index in [9.17, 15) is 4.79 Å². The van der Waals surface area contributed by atoms with Gasteiger partial charge in [0.25, 0.3) is 0 Å². The van der Waals surface area contributed by atoms with E-state index in [1.807, 2.05) is 63.2 Å². The number of anilines is 1. The van der Waals surface area contributed by atoms with Crippen molar-refractivity contribution in [3.63, 3.8) is 0 Å². The number of para-hydroxylation sites is 1. The zero-order valence-electron chi connectivity index (χ0n) is 12.7. The molecule has 0 atom stereocenters. The van der Waals surface area contributed by atoms with Gasteiger partial charge in [-0.15, -0.1) is 0 Å². The van der Waals surface area contributed by atoms with Crippen molar-refractivity contribution in [2.75, 3.05) is 4.90 Å². The Labute approximate surface area is 125 Å². The zero-order valence-corrected chi connectivity index (χ0v) is 12.7. The van der Waals surface area contributed by atoms with E-state index in [4.69, 9.17) is 0 Å². The molecule has 21 heavy (non-hydrogen) atoms. The van der Waals surface area contributed by atoms with E-state index in [1.165, 1.54) is 0 Å². The van der Waals surface area contributed by atoms with Crippen LogP contribution in [0.5, 0.6) is 0 Å². The lowest BCUT2D eigenvalue weighted by atomic mass is 10.1. The molecule has 0 saturated carbocycles. The number of benzene rings is 1. The molecule has 2 amide bonds. The summed E-state index contributed by atoms with van der Waals surface area (Å²) in [4.78, 5) is 18.4. The third-order valence-corrected chi connectivity index (χ3v) is 2.86. The largest absolute Gasteiger partial charge is 0.333 e. The molecule has 0 radical (unpaired) electrons. The Morgan fingerprint density at radius 1 is 1.14 bits per heavy atom. The minimum Gasteiger partial charge on any atom is -0.333 e. The molecular formula is C17H21N3O. The predicted molar refractivity (Wildman–Crippen MR) is 85.1 cm³/mol. The maximum atomic E-state index is 12.6. The fourth-order valence-electron chi connectivity index (χ4n) is 1.95. The first kappa shape index (κ1) is 15.0. The minimum absolute atomic E-state index is 0.113. The second-order valence-electron chi connectivity index (χ2n) is 5.96. The van der Waals surface area contributed by atoms with Crippen molar-refractivity contribution in [1.82, 2.24) is 10.3 Å². The molecule has 0 aliphatic carbocycles. The van der Waals surface area contributed by atoms with Crippen molar-refractivity contribution in [3.8, 4) is 0 Å². The van der Waals surface area contributed by atoms with Crippen LogP contribution in [-0.2, 0) is 6.54 Å². The highest BCUT2D eigenvalue weighted by Crippen LogP contribution is 2.17. The van der Waals surface area contributed by atoms with Gasteiger partial charge in [-0.25, -0.2) is 4.79 Å². The van der Waals surface area contributed by atoms with Crippen molar-refractivity contribution >= 4 is 11.7 Å². The summed E-state index contributed by atoms with van der Waals surface area (Å²) in [7, 11) is 0. The number of aromatic nitrogens is 1. The number of amides is 2. The van der Waals surface area contributed by atoms with Crippen molar-refractivity contribution < 1.29 is 4.79 Å². The van der Waals surface area contributed by atoms with Crippen LogP contribution in [0, 0.1) is 0 Å². The van der Waals surface area contributed by atoms with Crippen LogP contribution >= 0.6 is 0 Å². The third kappa shape index (κ3) is 4.60. The Kier molecular flexibility index (Phi) is 4.58. The molecule has 2 rings (SSSR count). The number of hydrogen-bond donors (Lipinski definition) is 1. The summed E-state index contributed by atoms with van der Waals surface area (Å²) < 4.78 is 0. The quantitative estimate of drug-likeness (QED) is 0.935. The summed E-state index contributed by atoms with van der Waals surface area (Å²) in [6.45, 7) is 6.40. The molecular weight excluding hydrogens is 262 g/mol. The smallest absolute Gasteiger partial charge is 0.322 e. The van der Waals surface area contributed by atoms with E-state index in [1.54, 1.807) is 17.3 Å². The molecule has 1 heterocycles. The van der Waals surface area contributed by atoms with E-state index in [0.29, 0.717) is 6.54 Å². The number of nitrogens with zero attached hydrogens (tertiary/aromatic N) is 2. The maximum Gasteiger partial charge on any atom is 0.322 e. The van der Waals surface area contributed by atoms with Crippen LogP contribution in [-0.4, -0.2) is 16.6 Å². The number of hydrogen-bond acceptors (Lipinski definition) is 2. The van der Waals surface area contributed by atoms with Gasteiger partial charge in [0.1, 0.15) is 0 Å². The summed E-state index contributed by atoms with van der Waals surface area (Å²) in [6.07, 6.45) is 3.51. The summed E-state index contributed by atoms with van der Waals surface area (Å²) in [5.41, 5.74) is 1.58. The zero-order chi connectivity index (χ0) is 15.3. The van der Waals surface area contributed by atoms with Gasteiger partial charge in [-0.3, -0.25) is 9.88 Å². The SMILES string of the molecule is CC(C)(C)NC(=O)N(Cc1cccnc1)c1ccccc1. The monoisotopic (exact) mass is 283 g/mol. The molecule has 0 spiro atoms. The summed E-state index contributed by atoms with van der Waals surface area (Å²) in [5, 5.41) is 3.00. The second-order valence-corrected chi connectivity index (χ2v) is 5.96. The van der Waals surface area contributed by atoms with Crippen molar-refractivity contribution in [2.45, 2.75) is 32.9 Å². The number of pyridine rings is 1. The Balaban J connectivity index is 2.25. The number of carbonyl (C=O) groups excluding carboxylic acids is 1. The first-order valence-corrected chi connectivity index (χ1v) is 6.99. The van der Waals surface area contributed by atoms with Crippen LogP contribution in [0.4, 0.5) is 10.5 Å². The van der Waals surface area contributed by atoms with E-state index in [0.717, 1.165) is 11.3 Å². The lowest BCUT2D eigenvalue weighted by Crippen LogP contribution is -2.48. The fraction of sp³-hybridized carbons (Fsp3) is 0.294. The van der Waals surface area contributed by atoms with Crippen LogP contribution in [0.2, 0.25) is 0 Å². The van der Waals surface area contributed by atoms with Crippen LogP contribution < -0.4 is 10.2 Å². The van der Waals surface area contributed by atoms with Crippen LogP contribution in [0.15, 0.2) is 54.9 Å². The molecule has 4 heteroatoms. The maximum absolute atomic E-state index is 12.6. The number of carbonyl (C=O) groups is 1. The summed E-state index contributed by atoms with van der Waals surface area (Å²) in [5.74, 6) is 0. The highest BCUT2D eigenvalue weighted by Gasteiger charge is 2.21. The molecule has 0 saturated heterocycles. The van der Waals surface area contributed by atoms with Gasteiger partial charge < -0.3 is 5.32 Å². The Hall–Kier alpha value is -2.36. The lowest BCUT2D eigenvalue weighted by molar-refractivity contribution is 0.237. The number of rotatable bonds is 3. The lowest BCUT2D eigenvalue weighted by Gasteiger charge is -2.28. The van der Waals surface area contributed by atoms with Gasteiger partial charge in [-0.05, 0) is 44.5 Å². The molecule has 0 aliphatic heterocycles. The van der Waals surface area contributed by atoms with Crippen LogP contribution in [0.1, 0.15) is 26.3 Å². The van der Waals surface area contributed by atoms with Gasteiger partial charge in [-0.1, -0.05) is 24.3 Å². The van der Waals surface area contributed by atoms with E-state index in [-0.39, 0.29) is 11.6 Å². The summed E-state index contributed by atoms with van der Waals surface area (Å²) >= 11 is 0. The minimum atomic E-state index is -0.279. The van der Waals surface area contributed by atoms with E-state index in [2.05, 4.69) is 10.3 Å². The molecule has 1 aromatic heterocycles. The molecule has 0 unspecified atom stereocenters. The highest BCUT2D eigenvalue weighted by atomic mass is 16.2. The van der Waals surface area contributed by atoms with Crippen LogP contribution in [0.3, 0.4) is 0 Å². The van der Waals surface area contributed by atoms with Gasteiger partial charge in [0.05, 0.1) is 6.54 Å². The van der Waals surface area contributed by atoms with Crippen molar-refractivity contribution in [2.24, 2.45) is 0 Å². The predicted octanol–water partition coefficient (Wildman–Crippen LogP) is 3.60. The molecule has 0 bridgehead atoms. The molecule has 0 aliphatic rings. The van der Waals surface area contributed by atoms with Gasteiger partial charge in [0.15, 0.2) is 0 Å². The molecule has 1 N–H and O–H groups in total. The summed E-state index contributed by atoms with van der Waals surface area (Å²) in [6, 6.07) is 13.4. The Bertz CT molecular complexity index is 576. The third-order valence-electron chi connectivity index (χ3n) is 2.86. The molecule has 2 aromatic rings. The van der Waals surface area contributed by atoms with Gasteiger partial charge in [0.2, 0.25) is 0 Å². The van der Waals surface area contributed by atoms with Crippen molar-refractivity contribution in [1.29, 1.82) is 0 Å². The average molecular weight is 283 g/mol. The molecule has 0 fully saturated rings. The van der Waals surface area contributed by atoms with Gasteiger partial charge in [-0.2, -0.15) is 0 Å². The van der Waals surface area contributed by atoms with Gasteiger partial charge >= 0.3 is 6.03 Å². The Morgan fingerprint density at radius 2 is 1.86 bits per heavy atom. The van der Waals surface area contributed by atoms with E-state index >= 15 is 0 Å². The molecule has 4 nitrogen and oxygen atoms in total. The van der Waals surface area contributed by atoms with Crippen molar-refractivity contribution in [3.05, 3.63) is 60.4 Å². The standard InChI is InChI=1S/C17H21N3O/c1-17(2,3)19-16(21)20(15-9-5-4-6-10-15)13-14-8-7-11-18-12-14/h4-12H,13H2,1-3H3,(H,19,21). The molecule has 110 valence electrons. The first-order chi connectivity index (χ1) is 9.96.